The summed E-state index contributed by atoms with van der Waals surface area (Å²) in [5.41, 5.74) is 1.87. The van der Waals surface area contributed by atoms with E-state index < -0.39 is 0 Å². The van der Waals surface area contributed by atoms with E-state index >= 15 is 0 Å². The van der Waals surface area contributed by atoms with Gasteiger partial charge in [-0.25, -0.2) is 9.97 Å². The lowest BCUT2D eigenvalue weighted by molar-refractivity contribution is 0.414. The van der Waals surface area contributed by atoms with Crippen molar-refractivity contribution in [2.75, 3.05) is 14.2 Å². The van der Waals surface area contributed by atoms with Crippen LogP contribution >= 0.6 is 38.6 Å². The van der Waals surface area contributed by atoms with Crippen LogP contribution in [0.2, 0.25) is 0 Å². The number of terminal acetylenes is 1. The second-order valence-electron chi connectivity index (χ2n) is 5.79. The number of hydrogen-bond acceptors (Lipinski definition) is 6. The van der Waals surface area contributed by atoms with Crippen LogP contribution in [0.4, 0.5) is 0 Å². The predicted molar refractivity (Wildman–Crippen MR) is 143 cm³/mol. The van der Waals surface area contributed by atoms with Gasteiger partial charge in [-0.3, -0.25) is 0 Å². The van der Waals surface area contributed by atoms with Crippen molar-refractivity contribution >= 4 is 38.6 Å². The quantitative estimate of drug-likeness (QED) is 0.263. The molecule has 2 heterocycles. The Bertz CT molecular complexity index is 1120. The molecule has 7 heteroatoms. The fourth-order valence-corrected chi connectivity index (χ4v) is 3.48. The lowest BCUT2D eigenvalue weighted by Gasteiger charge is -1.97. The Morgan fingerprint density at radius 3 is 1.79 bits per heavy atom. The first-order valence-electron chi connectivity index (χ1n) is 9.31. The topological polar surface area (TPSA) is 44.2 Å². The summed E-state index contributed by atoms with van der Waals surface area (Å²) >= 11 is 6.40. The number of thiazole rings is 2. The summed E-state index contributed by atoms with van der Waals surface area (Å²) in [7, 11) is 3.29. The van der Waals surface area contributed by atoms with Crippen molar-refractivity contribution in [3.8, 4) is 35.7 Å². The molecule has 4 nitrogen and oxygen atoms in total. The maximum atomic E-state index is 5.15. The van der Waals surface area contributed by atoms with Crippen LogP contribution in [0, 0.1) is 24.2 Å². The van der Waals surface area contributed by atoms with E-state index in [2.05, 4.69) is 43.7 Å². The first-order chi connectivity index (χ1) is 15.6. The molecule has 0 amide bonds. The number of benzene rings is 2. The zero-order valence-electron chi connectivity index (χ0n) is 17.6. The van der Waals surface area contributed by atoms with Gasteiger partial charge in [0.05, 0.1) is 20.6 Å². The molecule has 0 N–H and O–H groups in total. The molecule has 0 spiro atoms. The predicted octanol–water partition coefficient (Wildman–Crippen LogP) is 6.96. The van der Waals surface area contributed by atoms with Crippen LogP contribution in [0.3, 0.4) is 0 Å². The fourth-order valence-electron chi connectivity index (χ4n) is 2.13. The zero-order chi connectivity index (χ0) is 23.0. The Labute approximate surface area is 212 Å². The van der Waals surface area contributed by atoms with Gasteiger partial charge in [-0.05, 0) is 64.5 Å². The van der Waals surface area contributed by atoms with Gasteiger partial charge in [0, 0.05) is 34.3 Å². The number of rotatable bonds is 3. The molecule has 170 valence electrons. The number of ether oxygens (including phenoxy) is 2. The van der Waals surface area contributed by atoms with Crippen molar-refractivity contribution in [1.29, 1.82) is 0 Å². The van der Waals surface area contributed by atoms with Gasteiger partial charge in [0.1, 0.15) is 16.5 Å². The Morgan fingerprint density at radius 1 is 0.848 bits per heavy atom. The Balaban J connectivity index is 0.000000273. The van der Waals surface area contributed by atoms with Crippen LogP contribution in [-0.4, -0.2) is 24.2 Å². The number of hydrogen-bond donors (Lipinski definition) is 0. The molecule has 0 radical (unpaired) electrons. The monoisotopic (exact) mass is 540 g/mol. The minimum absolute atomic E-state index is 0. The van der Waals surface area contributed by atoms with Crippen molar-refractivity contribution < 1.29 is 9.47 Å². The van der Waals surface area contributed by atoms with Crippen LogP contribution in [0.15, 0.2) is 75.6 Å². The molecular weight excluding hydrogens is 516 g/mol. The van der Waals surface area contributed by atoms with E-state index in [0.29, 0.717) is 6.42 Å². The molecule has 0 saturated heterocycles. The maximum Gasteiger partial charge on any atom is 0.159 e. The van der Waals surface area contributed by atoms with Crippen LogP contribution in [0.5, 0.6) is 11.5 Å². The van der Waals surface area contributed by atoms with Gasteiger partial charge in [0.15, 0.2) is 3.92 Å². The summed E-state index contributed by atoms with van der Waals surface area (Å²) in [4.78, 5) is 8.02. The largest absolute Gasteiger partial charge is 0.497 e. The van der Waals surface area contributed by atoms with E-state index in [9.17, 15) is 0 Å². The Morgan fingerprint density at radius 2 is 1.39 bits per heavy atom. The van der Waals surface area contributed by atoms with Gasteiger partial charge in [-0.15, -0.1) is 29.1 Å². The van der Waals surface area contributed by atoms with Gasteiger partial charge in [-0.2, -0.15) is 0 Å². The lowest BCUT2D eigenvalue weighted by Crippen LogP contribution is -1.82. The summed E-state index contributed by atoms with van der Waals surface area (Å²) in [6.45, 7) is 0. The molecule has 0 fully saturated rings. The second kappa shape index (κ2) is 16.5. The SMILES string of the molecule is Brc1nccs1.C.C#Cc1ccc(OC)cc1.COc1ccc(C#CCc2nccs2)cc1. The highest BCUT2D eigenvalue weighted by atomic mass is 79.9. The summed E-state index contributed by atoms with van der Waals surface area (Å²) in [6.07, 6.45) is 9.42. The Hall–Kier alpha value is -3.10. The molecule has 2 aromatic heterocycles. The summed E-state index contributed by atoms with van der Waals surface area (Å²) in [5, 5.41) is 4.94. The minimum atomic E-state index is 0. The van der Waals surface area contributed by atoms with Gasteiger partial charge < -0.3 is 9.47 Å². The molecule has 0 aliphatic heterocycles. The van der Waals surface area contributed by atoms with Crippen LogP contribution in [-0.2, 0) is 6.42 Å². The highest BCUT2D eigenvalue weighted by molar-refractivity contribution is 9.11. The average Bonchev–Trinajstić information content (AvgIpc) is 3.54. The lowest BCUT2D eigenvalue weighted by atomic mass is 10.2. The maximum absolute atomic E-state index is 5.15. The molecule has 0 saturated carbocycles. The highest BCUT2D eigenvalue weighted by Gasteiger charge is 1.92. The van der Waals surface area contributed by atoms with Gasteiger partial charge in [0.2, 0.25) is 0 Å². The molecule has 0 aliphatic carbocycles. The van der Waals surface area contributed by atoms with Crippen LogP contribution in [0.1, 0.15) is 23.6 Å². The normalized spacial score (nSPS) is 8.67. The molecule has 2 aromatic carbocycles. The number of aromatic nitrogens is 2. The van der Waals surface area contributed by atoms with E-state index in [1.165, 1.54) is 0 Å². The summed E-state index contributed by atoms with van der Waals surface area (Å²) < 4.78 is 11.0. The highest BCUT2D eigenvalue weighted by Crippen LogP contribution is 2.11. The third-order valence-corrected chi connectivity index (χ3v) is 5.81. The van der Waals surface area contributed by atoms with Crippen LogP contribution in [0.25, 0.3) is 0 Å². The van der Waals surface area contributed by atoms with Gasteiger partial charge in [0.25, 0.3) is 0 Å². The van der Waals surface area contributed by atoms with E-state index in [1.807, 2.05) is 59.3 Å². The molecule has 4 aromatic rings. The van der Waals surface area contributed by atoms with Crippen LogP contribution < -0.4 is 9.47 Å². The molecule has 0 aliphatic rings. The van der Waals surface area contributed by atoms with E-state index in [1.54, 1.807) is 49.3 Å². The zero-order valence-corrected chi connectivity index (χ0v) is 20.8. The Kier molecular flexibility index (Phi) is 14.0. The van der Waals surface area contributed by atoms with E-state index in [-0.39, 0.29) is 7.43 Å². The van der Waals surface area contributed by atoms with Gasteiger partial charge in [-0.1, -0.05) is 25.2 Å². The molecule has 4 rings (SSSR count). The van der Waals surface area contributed by atoms with Crippen molar-refractivity contribution in [3.63, 3.8) is 0 Å². The summed E-state index contributed by atoms with van der Waals surface area (Å²) in [5.74, 6) is 10.4. The smallest absolute Gasteiger partial charge is 0.159 e. The summed E-state index contributed by atoms with van der Waals surface area (Å²) in [6, 6.07) is 15.1. The van der Waals surface area contributed by atoms with Crippen molar-refractivity contribution in [2.45, 2.75) is 13.8 Å². The molecule has 0 unspecified atom stereocenters. The molecule has 0 bridgehead atoms. The molecule has 33 heavy (non-hydrogen) atoms. The van der Waals surface area contributed by atoms with Crippen molar-refractivity contribution in [3.05, 3.63) is 91.7 Å². The third-order valence-electron chi connectivity index (χ3n) is 3.70. The van der Waals surface area contributed by atoms with E-state index in [4.69, 9.17) is 15.9 Å². The number of methoxy groups -OCH3 is 2. The molecular formula is C26H25BrN2O2S2. The fraction of sp³-hybridized carbons (Fsp3) is 0.154. The third kappa shape index (κ3) is 11.4. The van der Waals surface area contributed by atoms with Gasteiger partial charge >= 0.3 is 0 Å². The number of halogens is 1. The van der Waals surface area contributed by atoms with Crippen molar-refractivity contribution in [1.82, 2.24) is 9.97 Å². The number of nitrogens with zero attached hydrogens (tertiary/aromatic N) is 2. The van der Waals surface area contributed by atoms with Crippen molar-refractivity contribution in [2.24, 2.45) is 0 Å². The van der Waals surface area contributed by atoms with E-state index in [0.717, 1.165) is 31.6 Å². The molecule has 0 atom stereocenters. The first kappa shape index (κ1) is 27.9. The first-order valence-corrected chi connectivity index (χ1v) is 11.9. The minimum Gasteiger partial charge on any atom is -0.497 e. The standard InChI is InChI=1S/C13H11NOS.C9H8O.C3H2BrNS.CH4/c1-15-12-7-5-11(6-8-12)3-2-4-13-14-9-10-16-13;1-3-8-4-6-9(10-2)7-5-8;4-3-5-1-2-6-3;/h5-10H,4H2,1H3;1,4-7H,2H3;1-2H;1H4. The average molecular weight is 542 g/mol. The second-order valence-corrected chi connectivity index (χ2v) is 8.94.